The Kier molecular flexibility index (Phi) is 3.18. The van der Waals surface area contributed by atoms with E-state index in [1.807, 2.05) is 6.92 Å². The van der Waals surface area contributed by atoms with Gasteiger partial charge in [0.05, 0.1) is 6.54 Å². The maximum absolute atomic E-state index is 11.8. The highest BCUT2D eigenvalue weighted by Crippen LogP contribution is 2.23. The van der Waals surface area contributed by atoms with Gasteiger partial charge >= 0.3 is 6.18 Å². The monoisotopic (exact) mass is 196 g/mol. The summed E-state index contributed by atoms with van der Waals surface area (Å²) >= 11 is 0. The predicted octanol–water partition coefficient (Wildman–Crippen LogP) is 1.14. The molecule has 0 amide bonds. The molecule has 5 heteroatoms. The molecule has 2 nitrogen and oxygen atoms in total. The van der Waals surface area contributed by atoms with Crippen LogP contribution in [0.1, 0.15) is 13.3 Å². The number of alkyl halides is 3. The molecular formula is C8H15F3N2. The number of hydrogen-bond donors (Lipinski definition) is 2. The summed E-state index contributed by atoms with van der Waals surface area (Å²) in [4.78, 5) is 0. The Hall–Kier alpha value is -0.290. The van der Waals surface area contributed by atoms with Crippen LogP contribution in [-0.4, -0.2) is 32.4 Å². The summed E-state index contributed by atoms with van der Waals surface area (Å²) in [6.45, 7) is 3.25. The standard InChI is InChI=1S/C8H15F3N2/c1-7(2-3-12-4-7)5-13-6-8(9,10)11/h12-13H,2-6H2,1H3. The van der Waals surface area contributed by atoms with Gasteiger partial charge in [0.1, 0.15) is 0 Å². The zero-order chi connectivity index (χ0) is 9.95. The van der Waals surface area contributed by atoms with Gasteiger partial charge in [-0.3, -0.25) is 0 Å². The second kappa shape index (κ2) is 3.84. The van der Waals surface area contributed by atoms with Gasteiger partial charge in [-0.25, -0.2) is 0 Å². The molecule has 0 aromatic carbocycles. The minimum atomic E-state index is -4.09. The van der Waals surface area contributed by atoms with Crippen LogP contribution in [0.25, 0.3) is 0 Å². The van der Waals surface area contributed by atoms with E-state index in [4.69, 9.17) is 0 Å². The summed E-state index contributed by atoms with van der Waals surface area (Å²) in [5.74, 6) is 0. The van der Waals surface area contributed by atoms with Crippen molar-refractivity contribution >= 4 is 0 Å². The first kappa shape index (κ1) is 10.8. The second-order valence-corrected chi connectivity index (χ2v) is 3.96. The normalized spacial score (nSPS) is 29.5. The van der Waals surface area contributed by atoms with Gasteiger partial charge in [-0.15, -0.1) is 0 Å². The fourth-order valence-corrected chi connectivity index (χ4v) is 1.53. The van der Waals surface area contributed by atoms with Gasteiger partial charge in [-0.05, 0) is 18.4 Å². The molecule has 0 bridgehead atoms. The van der Waals surface area contributed by atoms with Crippen molar-refractivity contribution in [3.63, 3.8) is 0 Å². The van der Waals surface area contributed by atoms with E-state index in [1.54, 1.807) is 0 Å². The SMILES string of the molecule is CC1(CNCC(F)(F)F)CCNC1. The minimum Gasteiger partial charge on any atom is -0.316 e. The molecule has 1 saturated heterocycles. The number of rotatable bonds is 3. The van der Waals surface area contributed by atoms with E-state index in [-0.39, 0.29) is 5.41 Å². The Labute approximate surface area is 75.9 Å². The van der Waals surface area contributed by atoms with Crippen LogP contribution in [0.15, 0.2) is 0 Å². The van der Waals surface area contributed by atoms with Crippen molar-refractivity contribution in [2.24, 2.45) is 5.41 Å². The van der Waals surface area contributed by atoms with E-state index >= 15 is 0 Å². The molecule has 78 valence electrons. The largest absolute Gasteiger partial charge is 0.401 e. The molecule has 1 atom stereocenters. The Morgan fingerprint density at radius 1 is 1.46 bits per heavy atom. The summed E-state index contributed by atoms with van der Waals surface area (Å²) in [6, 6.07) is 0. The number of nitrogens with one attached hydrogen (secondary N) is 2. The summed E-state index contributed by atoms with van der Waals surface area (Å²) in [7, 11) is 0. The predicted molar refractivity (Wildman–Crippen MR) is 44.5 cm³/mol. The van der Waals surface area contributed by atoms with Crippen LogP contribution < -0.4 is 10.6 Å². The lowest BCUT2D eigenvalue weighted by molar-refractivity contribution is -0.125. The zero-order valence-electron chi connectivity index (χ0n) is 7.67. The van der Waals surface area contributed by atoms with Gasteiger partial charge in [0, 0.05) is 13.1 Å². The maximum atomic E-state index is 11.8. The minimum absolute atomic E-state index is 0.00868. The molecule has 0 radical (unpaired) electrons. The van der Waals surface area contributed by atoms with Gasteiger partial charge in [0.15, 0.2) is 0 Å². The van der Waals surface area contributed by atoms with Gasteiger partial charge in [-0.2, -0.15) is 13.2 Å². The highest BCUT2D eigenvalue weighted by atomic mass is 19.4. The maximum Gasteiger partial charge on any atom is 0.401 e. The van der Waals surface area contributed by atoms with E-state index in [9.17, 15) is 13.2 Å². The second-order valence-electron chi connectivity index (χ2n) is 3.96. The summed E-state index contributed by atoms with van der Waals surface area (Å²) in [6.07, 6.45) is -3.15. The van der Waals surface area contributed by atoms with E-state index in [0.29, 0.717) is 6.54 Å². The highest BCUT2D eigenvalue weighted by molar-refractivity contribution is 4.85. The van der Waals surface area contributed by atoms with Crippen molar-refractivity contribution in [1.82, 2.24) is 10.6 Å². The lowest BCUT2D eigenvalue weighted by atomic mass is 9.90. The van der Waals surface area contributed by atoms with Gasteiger partial charge in [0.2, 0.25) is 0 Å². The van der Waals surface area contributed by atoms with Crippen LogP contribution in [0, 0.1) is 5.41 Å². The van der Waals surface area contributed by atoms with E-state index in [0.717, 1.165) is 19.5 Å². The third kappa shape index (κ3) is 3.95. The van der Waals surface area contributed by atoms with Crippen LogP contribution in [0.3, 0.4) is 0 Å². The fourth-order valence-electron chi connectivity index (χ4n) is 1.53. The Morgan fingerprint density at radius 2 is 2.15 bits per heavy atom. The molecule has 1 fully saturated rings. The first-order valence-electron chi connectivity index (χ1n) is 4.40. The Morgan fingerprint density at radius 3 is 2.62 bits per heavy atom. The first-order valence-corrected chi connectivity index (χ1v) is 4.40. The molecule has 1 rings (SSSR count). The lowest BCUT2D eigenvalue weighted by Gasteiger charge is -2.23. The topological polar surface area (TPSA) is 24.1 Å². The highest BCUT2D eigenvalue weighted by Gasteiger charge is 2.31. The smallest absolute Gasteiger partial charge is 0.316 e. The molecule has 1 unspecified atom stereocenters. The zero-order valence-corrected chi connectivity index (χ0v) is 7.67. The summed E-state index contributed by atoms with van der Waals surface area (Å²) < 4.78 is 35.3. The molecule has 0 aromatic heterocycles. The summed E-state index contributed by atoms with van der Waals surface area (Å²) in [5, 5.41) is 5.58. The van der Waals surface area contributed by atoms with Crippen LogP contribution >= 0.6 is 0 Å². The quantitative estimate of drug-likeness (QED) is 0.707. The molecule has 0 saturated carbocycles. The molecule has 0 aromatic rings. The van der Waals surface area contributed by atoms with Crippen molar-refractivity contribution in [1.29, 1.82) is 0 Å². The van der Waals surface area contributed by atoms with Crippen LogP contribution in [0.5, 0.6) is 0 Å². The number of halogens is 3. The molecule has 1 heterocycles. The van der Waals surface area contributed by atoms with E-state index < -0.39 is 12.7 Å². The average molecular weight is 196 g/mol. The molecule has 1 aliphatic rings. The fraction of sp³-hybridized carbons (Fsp3) is 1.00. The lowest BCUT2D eigenvalue weighted by Crippen LogP contribution is -2.38. The third-order valence-corrected chi connectivity index (χ3v) is 2.33. The van der Waals surface area contributed by atoms with Crippen LogP contribution in [0.2, 0.25) is 0 Å². The van der Waals surface area contributed by atoms with Gasteiger partial charge < -0.3 is 10.6 Å². The molecule has 13 heavy (non-hydrogen) atoms. The van der Waals surface area contributed by atoms with E-state index in [2.05, 4.69) is 10.6 Å². The van der Waals surface area contributed by atoms with Crippen LogP contribution in [-0.2, 0) is 0 Å². The van der Waals surface area contributed by atoms with E-state index in [1.165, 1.54) is 0 Å². The van der Waals surface area contributed by atoms with Crippen molar-refractivity contribution in [2.45, 2.75) is 19.5 Å². The van der Waals surface area contributed by atoms with Gasteiger partial charge in [0.25, 0.3) is 0 Å². The van der Waals surface area contributed by atoms with Crippen LogP contribution in [0.4, 0.5) is 13.2 Å². The molecule has 1 aliphatic heterocycles. The van der Waals surface area contributed by atoms with Crippen molar-refractivity contribution in [3.05, 3.63) is 0 Å². The van der Waals surface area contributed by atoms with Crippen molar-refractivity contribution in [3.8, 4) is 0 Å². The van der Waals surface area contributed by atoms with Crippen molar-refractivity contribution in [2.75, 3.05) is 26.2 Å². The third-order valence-electron chi connectivity index (χ3n) is 2.33. The number of hydrogen-bond acceptors (Lipinski definition) is 2. The Bertz CT molecular complexity index is 161. The first-order chi connectivity index (χ1) is 5.91. The average Bonchev–Trinajstić information content (AvgIpc) is 2.33. The molecule has 0 aliphatic carbocycles. The molecule has 0 spiro atoms. The Balaban J connectivity index is 2.18. The van der Waals surface area contributed by atoms with Crippen molar-refractivity contribution < 1.29 is 13.2 Å². The van der Waals surface area contributed by atoms with Gasteiger partial charge in [-0.1, -0.05) is 6.92 Å². The molecular weight excluding hydrogens is 181 g/mol. The molecule has 2 N–H and O–H groups in total. The summed E-state index contributed by atoms with van der Waals surface area (Å²) in [5.41, 5.74) is -0.00868.